The lowest BCUT2D eigenvalue weighted by Crippen LogP contribution is -2.64. The number of nitrogens with one attached hydrogen (secondary N) is 1. The van der Waals surface area contributed by atoms with Crippen molar-refractivity contribution in [2.45, 2.75) is 12.0 Å². The van der Waals surface area contributed by atoms with Gasteiger partial charge in [-0.05, 0) is 34.1 Å². The summed E-state index contributed by atoms with van der Waals surface area (Å²) in [6, 6.07) is 4.26. The van der Waals surface area contributed by atoms with Crippen molar-refractivity contribution in [3.05, 3.63) is 28.5 Å². The molecule has 0 unspecified atom stereocenters. The van der Waals surface area contributed by atoms with Crippen LogP contribution in [0.2, 0.25) is 0 Å². The second kappa shape index (κ2) is 4.62. The maximum absolute atomic E-state index is 13.0. The Morgan fingerprint density at radius 2 is 2.29 bits per heavy atom. The Morgan fingerprint density at radius 3 is 2.76 bits per heavy atom. The minimum absolute atomic E-state index is 0.0744. The molecule has 2 N–H and O–H groups in total. The number of benzene rings is 1. The third kappa shape index (κ3) is 2.76. The number of carboxylic acid groups (broad SMARTS) is 1. The van der Waals surface area contributed by atoms with Crippen LogP contribution in [0.25, 0.3) is 0 Å². The molecule has 1 aromatic carbocycles. The number of aliphatic carboxylic acids is 1. The standard InChI is InChI=1S/C11H11BrFNO3/c12-8-3-7(1-2-9(8)13)17-11(4-10(15)16)5-14-6-11/h1-3,14H,4-6H2,(H,15,16). The third-order valence-electron chi connectivity index (χ3n) is 2.59. The van der Waals surface area contributed by atoms with Crippen LogP contribution < -0.4 is 10.1 Å². The van der Waals surface area contributed by atoms with Gasteiger partial charge in [0.25, 0.3) is 0 Å². The Morgan fingerprint density at radius 1 is 1.59 bits per heavy atom. The first-order chi connectivity index (χ1) is 8.01. The summed E-state index contributed by atoms with van der Waals surface area (Å²) in [4.78, 5) is 10.7. The molecule has 0 atom stereocenters. The van der Waals surface area contributed by atoms with Gasteiger partial charge in [0, 0.05) is 13.1 Å². The second-order valence-electron chi connectivity index (χ2n) is 4.04. The van der Waals surface area contributed by atoms with E-state index in [1.54, 1.807) is 0 Å². The monoisotopic (exact) mass is 303 g/mol. The average Bonchev–Trinajstić information content (AvgIpc) is 2.19. The number of rotatable bonds is 4. The minimum atomic E-state index is -0.910. The molecule has 1 aromatic rings. The molecule has 1 aliphatic heterocycles. The summed E-state index contributed by atoms with van der Waals surface area (Å²) in [5.74, 6) is -0.829. The first-order valence-electron chi connectivity index (χ1n) is 5.07. The van der Waals surface area contributed by atoms with Gasteiger partial charge in [0.15, 0.2) is 0 Å². The fourth-order valence-corrected chi connectivity index (χ4v) is 2.06. The number of carboxylic acids is 1. The molecule has 1 saturated heterocycles. The van der Waals surface area contributed by atoms with Crippen LogP contribution >= 0.6 is 15.9 Å². The lowest BCUT2D eigenvalue weighted by molar-refractivity contribution is -0.143. The highest BCUT2D eigenvalue weighted by atomic mass is 79.9. The summed E-state index contributed by atoms with van der Waals surface area (Å²) in [6.07, 6.45) is -0.0744. The van der Waals surface area contributed by atoms with E-state index in [0.717, 1.165) is 0 Å². The highest BCUT2D eigenvalue weighted by Gasteiger charge is 2.41. The van der Waals surface area contributed by atoms with E-state index in [0.29, 0.717) is 23.3 Å². The van der Waals surface area contributed by atoms with Gasteiger partial charge in [0.05, 0.1) is 10.9 Å². The molecular formula is C11H11BrFNO3. The second-order valence-corrected chi connectivity index (χ2v) is 4.89. The van der Waals surface area contributed by atoms with Gasteiger partial charge in [0.2, 0.25) is 0 Å². The first-order valence-corrected chi connectivity index (χ1v) is 5.87. The Balaban J connectivity index is 2.13. The fourth-order valence-electron chi connectivity index (χ4n) is 1.70. The van der Waals surface area contributed by atoms with Crippen molar-refractivity contribution in [1.29, 1.82) is 0 Å². The number of hydrogen-bond acceptors (Lipinski definition) is 3. The van der Waals surface area contributed by atoms with E-state index in [9.17, 15) is 9.18 Å². The van der Waals surface area contributed by atoms with E-state index in [-0.39, 0.29) is 12.2 Å². The molecule has 0 spiro atoms. The van der Waals surface area contributed by atoms with Crippen LogP contribution in [0.4, 0.5) is 4.39 Å². The summed E-state index contributed by atoms with van der Waals surface area (Å²) in [7, 11) is 0. The molecule has 0 aromatic heterocycles. The number of ether oxygens (including phenoxy) is 1. The van der Waals surface area contributed by atoms with Gasteiger partial charge in [-0.1, -0.05) is 0 Å². The van der Waals surface area contributed by atoms with Crippen LogP contribution in [0.1, 0.15) is 6.42 Å². The minimum Gasteiger partial charge on any atom is -0.484 e. The highest BCUT2D eigenvalue weighted by molar-refractivity contribution is 9.10. The van der Waals surface area contributed by atoms with Crippen molar-refractivity contribution in [2.24, 2.45) is 0 Å². The van der Waals surface area contributed by atoms with Gasteiger partial charge < -0.3 is 15.2 Å². The van der Waals surface area contributed by atoms with E-state index in [2.05, 4.69) is 21.2 Å². The maximum atomic E-state index is 13.0. The molecule has 0 bridgehead atoms. The van der Waals surface area contributed by atoms with Gasteiger partial charge in [-0.2, -0.15) is 0 Å². The first kappa shape index (κ1) is 12.3. The van der Waals surface area contributed by atoms with Crippen molar-refractivity contribution in [1.82, 2.24) is 5.32 Å². The van der Waals surface area contributed by atoms with Crippen LogP contribution in [0.15, 0.2) is 22.7 Å². The van der Waals surface area contributed by atoms with E-state index < -0.39 is 11.6 Å². The van der Waals surface area contributed by atoms with Crippen molar-refractivity contribution < 1.29 is 19.0 Å². The fraction of sp³-hybridized carbons (Fsp3) is 0.364. The molecule has 1 heterocycles. The quantitative estimate of drug-likeness (QED) is 0.890. The van der Waals surface area contributed by atoms with Crippen LogP contribution in [-0.2, 0) is 4.79 Å². The molecule has 17 heavy (non-hydrogen) atoms. The summed E-state index contributed by atoms with van der Waals surface area (Å²) >= 11 is 3.06. The zero-order valence-corrected chi connectivity index (χ0v) is 10.5. The molecular weight excluding hydrogens is 293 g/mol. The van der Waals surface area contributed by atoms with Crippen LogP contribution in [0.5, 0.6) is 5.75 Å². The van der Waals surface area contributed by atoms with Gasteiger partial charge >= 0.3 is 5.97 Å². The molecule has 0 amide bonds. The molecule has 1 aliphatic rings. The molecule has 0 saturated carbocycles. The Labute approximate surface area is 106 Å². The summed E-state index contributed by atoms with van der Waals surface area (Å²) in [5, 5.41) is 11.8. The predicted octanol–water partition coefficient (Wildman–Crippen LogP) is 1.78. The summed E-state index contributed by atoms with van der Waals surface area (Å²) < 4.78 is 19.0. The maximum Gasteiger partial charge on any atom is 0.307 e. The third-order valence-corrected chi connectivity index (χ3v) is 3.20. The lowest BCUT2D eigenvalue weighted by Gasteiger charge is -2.41. The van der Waals surface area contributed by atoms with Crippen LogP contribution in [0, 0.1) is 5.82 Å². The molecule has 0 radical (unpaired) electrons. The molecule has 2 rings (SSSR count). The van der Waals surface area contributed by atoms with Gasteiger partial charge in [0.1, 0.15) is 17.2 Å². The number of halogens is 2. The van der Waals surface area contributed by atoms with Crippen LogP contribution in [-0.4, -0.2) is 29.8 Å². The zero-order valence-electron chi connectivity index (χ0n) is 8.87. The van der Waals surface area contributed by atoms with E-state index >= 15 is 0 Å². The smallest absolute Gasteiger partial charge is 0.307 e. The predicted molar refractivity (Wildman–Crippen MR) is 62.6 cm³/mol. The molecule has 4 nitrogen and oxygen atoms in total. The number of carbonyl (C=O) groups is 1. The van der Waals surface area contributed by atoms with E-state index in [4.69, 9.17) is 9.84 Å². The summed E-state index contributed by atoms with van der Waals surface area (Å²) in [5.41, 5.74) is -0.719. The van der Waals surface area contributed by atoms with E-state index in [1.807, 2.05) is 0 Å². The normalized spacial score (nSPS) is 17.3. The van der Waals surface area contributed by atoms with Crippen molar-refractivity contribution in [3.8, 4) is 5.75 Å². The van der Waals surface area contributed by atoms with Crippen LogP contribution in [0.3, 0.4) is 0 Å². The molecule has 0 aliphatic carbocycles. The summed E-state index contributed by atoms with van der Waals surface area (Å²) in [6.45, 7) is 0.961. The Bertz CT molecular complexity index is 448. The van der Waals surface area contributed by atoms with Crippen molar-refractivity contribution >= 4 is 21.9 Å². The Kier molecular flexibility index (Phi) is 3.35. The molecule has 6 heteroatoms. The lowest BCUT2D eigenvalue weighted by atomic mass is 9.92. The van der Waals surface area contributed by atoms with Crippen molar-refractivity contribution in [3.63, 3.8) is 0 Å². The van der Waals surface area contributed by atoms with Crippen molar-refractivity contribution in [2.75, 3.05) is 13.1 Å². The zero-order chi connectivity index (χ0) is 12.5. The van der Waals surface area contributed by atoms with Gasteiger partial charge in [-0.3, -0.25) is 4.79 Å². The molecule has 92 valence electrons. The van der Waals surface area contributed by atoms with Gasteiger partial charge in [-0.15, -0.1) is 0 Å². The van der Waals surface area contributed by atoms with E-state index in [1.165, 1.54) is 18.2 Å². The Hall–Kier alpha value is -1.14. The number of hydrogen-bond donors (Lipinski definition) is 2. The SMILES string of the molecule is O=C(O)CC1(Oc2ccc(F)c(Br)c2)CNC1. The topological polar surface area (TPSA) is 58.6 Å². The highest BCUT2D eigenvalue weighted by Crippen LogP contribution is 2.28. The average molecular weight is 304 g/mol. The van der Waals surface area contributed by atoms with Gasteiger partial charge in [-0.25, -0.2) is 4.39 Å². The largest absolute Gasteiger partial charge is 0.484 e. The molecule has 1 fully saturated rings.